The summed E-state index contributed by atoms with van der Waals surface area (Å²) in [5.41, 5.74) is 3.89. The molecule has 0 aliphatic heterocycles. The van der Waals surface area contributed by atoms with Gasteiger partial charge in [0, 0.05) is 17.7 Å². The molecule has 6 heteroatoms. The van der Waals surface area contributed by atoms with Crippen molar-refractivity contribution in [1.82, 2.24) is 10.1 Å². The summed E-state index contributed by atoms with van der Waals surface area (Å²) >= 11 is 0. The molecule has 3 rings (SSSR count). The van der Waals surface area contributed by atoms with Crippen molar-refractivity contribution in [2.45, 2.75) is 27.2 Å². The van der Waals surface area contributed by atoms with Crippen molar-refractivity contribution in [2.24, 2.45) is 0 Å². The standard InChI is InChI=1S/C20H21N3O3/c1-4-18-22-20(26-23-18)15-6-9-17(10-7-15)25-12-19(24)21-16-8-5-13(2)14(3)11-16/h5-11H,4,12H2,1-3H3,(H,21,24). The van der Waals surface area contributed by atoms with E-state index in [-0.39, 0.29) is 12.5 Å². The fourth-order valence-corrected chi connectivity index (χ4v) is 2.37. The SMILES string of the molecule is CCc1noc(-c2ccc(OCC(=O)Nc3ccc(C)c(C)c3)cc2)n1. The Morgan fingerprint density at radius 2 is 1.88 bits per heavy atom. The predicted octanol–water partition coefficient (Wildman–Crippen LogP) is 3.93. The van der Waals surface area contributed by atoms with Gasteiger partial charge in [-0.05, 0) is 61.4 Å². The molecule has 134 valence electrons. The van der Waals surface area contributed by atoms with Crippen LogP contribution in [0, 0.1) is 13.8 Å². The number of carbonyl (C=O) groups excluding carboxylic acids is 1. The highest BCUT2D eigenvalue weighted by Crippen LogP contribution is 2.21. The van der Waals surface area contributed by atoms with E-state index in [1.54, 1.807) is 12.1 Å². The first-order valence-electron chi connectivity index (χ1n) is 8.48. The normalized spacial score (nSPS) is 10.6. The molecule has 1 amide bonds. The molecule has 0 saturated carbocycles. The van der Waals surface area contributed by atoms with E-state index in [1.807, 2.05) is 51.1 Å². The van der Waals surface area contributed by atoms with Crippen LogP contribution in [0.15, 0.2) is 47.0 Å². The highest BCUT2D eigenvalue weighted by atomic mass is 16.5. The maximum atomic E-state index is 12.0. The Kier molecular flexibility index (Phi) is 5.31. The fraction of sp³-hybridized carbons (Fsp3) is 0.250. The Labute approximate surface area is 152 Å². The maximum Gasteiger partial charge on any atom is 0.262 e. The zero-order chi connectivity index (χ0) is 18.5. The van der Waals surface area contributed by atoms with E-state index >= 15 is 0 Å². The molecule has 0 radical (unpaired) electrons. The molecule has 0 atom stereocenters. The molecule has 0 unspecified atom stereocenters. The third kappa shape index (κ3) is 4.27. The number of anilines is 1. The number of hydrogen-bond donors (Lipinski definition) is 1. The van der Waals surface area contributed by atoms with Crippen molar-refractivity contribution in [2.75, 3.05) is 11.9 Å². The van der Waals surface area contributed by atoms with Gasteiger partial charge in [-0.15, -0.1) is 0 Å². The van der Waals surface area contributed by atoms with Crippen molar-refractivity contribution in [1.29, 1.82) is 0 Å². The zero-order valence-electron chi connectivity index (χ0n) is 15.1. The average molecular weight is 351 g/mol. The van der Waals surface area contributed by atoms with Gasteiger partial charge >= 0.3 is 0 Å². The summed E-state index contributed by atoms with van der Waals surface area (Å²) < 4.78 is 10.7. The van der Waals surface area contributed by atoms with Gasteiger partial charge in [0.25, 0.3) is 11.8 Å². The number of ether oxygens (including phenoxy) is 1. The van der Waals surface area contributed by atoms with Gasteiger partial charge in [-0.25, -0.2) is 0 Å². The molecule has 0 aliphatic carbocycles. The lowest BCUT2D eigenvalue weighted by atomic mass is 10.1. The van der Waals surface area contributed by atoms with Gasteiger partial charge < -0.3 is 14.6 Å². The molecular formula is C20H21N3O3. The Balaban J connectivity index is 1.55. The molecule has 0 saturated heterocycles. The highest BCUT2D eigenvalue weighted by Gasteiger charge is 2.09. The van der Waals surface area contributed by atoms with Crippen LogP contribution in [0.25, 0.3) is 11.5 Å². The first kappa shape index (κ1) is 17.7. The minimum atomic E-state index is -0.207. The summed E-state index contributed by atoms with van der Waals surface area (Å²) in [7, 11) is 0. The monoisotopic (exact) mass is 351 g/mol. The van der Waals surface area contributed by atoms with E-state index in [0.717, 1.165) is 23.2 Å². The summed E-state index contributed by atoms with van der Waals surface area (Å²) in [5.74, 6) is 1.53. The summed E-state index contributed by atoms with van der Waals surface area (Å²) in [6, 6.07) is 13.0. The number of carbonyl (C=O) groups is 1. The third-order valence-corrected chi connectivity index (χ3v) is 4.05. The summed E-state index contributed by atoms with van der Waals surface area (Å²) in [5, 5.41) is 6.70. The number of rotatable bonds is 6. The van der Waals surface area contributed by atoms with Gasteiger partial charge in [-0.1, -0.05) is 18.1 Å². The number of hydrogen-bond acceptors (Lipinski definition) is 5. The quantitative estimate of drug-likeness (QED) is 0.728. The number of benzene rings is 2. The second-order valence-corrected chi connectivity index (χ2v) is 6.03. The number of nitrogens with one attached hydrogen (secondary N) is 1. The minimum absolute atomic E-state index is 0.0627. The molecule has 1 aromatic heterocycles. The molecule has 0 aliphatic rings. The van der Waals surface area contributed by atoms with Crippen LogP contribution in [0.3, 0.4) is 0 Å². The third-order valence-electron chi connectivity index (χ3n) is 4.05. The molecule has 2 aromatic carbocycles. The lowest BCUT2D eigenvalue weighted by Crippen LogP contribution is -2.20. The number of amides is 1. The number of aromatic nitrogens is 2. The topological polar surface area (TPSA) is 77.2 Å². The Bertz CT molecular complexity index is 901. The lowest BCUT2D eigenvalue weighted by Gasteiger charge is -2.09. The van der Waals surface area contributed by atoms with Crippen LogP contribution in [0.5, 0.6) is 5.75 Å². The van der Waals surface area contributed by atoms with E-state index in [1.165, 1.54) is 5.56 Å². The number of aryl methyl sites for hydroxylation is 3. The molecule has 3 aromatic rings. The van der Waals surface area contributed by atoms with Crippen LogP contribution in [0.2, 0.25) is 0 Å². The summed E-state index contributed by atoms with van der Waals surface area (Å²) in [6.45, 7) is 5.95. The molecule has 0 fully saturated rings. The summed E-state index contributed by atoms with van der Waals surface area (Å²) in [6.07, 6.45) is 0.723. The van der Waals surface area contributed by atoms with E-state index in [4.69, 9.17) is 9.26 Å². The average Bonchev–Trinajstić information content (AvgIpc) is 3.13. The van der Waals surface area contributed by atoms with Crippen LogP contribution in [0.1, 0.15) is 23.9 Å². The molecule has 0 spiro atoms. The van der Waals surface area contributed by atoms with Crippen LogP contribution in [-0.4, -0.2) is 22.7 Å². The van der Waals surface area contributed by atoms with Gasteiger partial charge in [-0.3, -0.25) is 4.79 Å². The van der Waals surface area contributed by atoms with Crippen molar-refractivity contribution in [3.63, 3.8) is 0 Å². The molecule has 1 N–H and O–H groups in total. The highest BCUT2D eigenvalue weighted by molar-refractivity contribution is 5.92. The first-order chi connectivity index (χ1) is 12.5. The van der Waals surface area contributed by atoms with Crippen molar-refractivity contribution in [3.05, 3.63) is 59.4 Å². The molecule has 26 heavy (non-hydrogen) atoms. The fourth-order valence-electron chi connectivity index (χ4n) is 2.37. The zero-order valence-corrected chi connectivity index (χ0v) is 15.1. The number of nitrogens with zero attached hydrogens (tertiary/aromatic N) is 2. The van der Waals surface area contributed by atoms with Crippen molar-refractivity contribution < 1.29 is 14.1 Å². The molecular weight excluding hydrogens is 330 g/mol. The van der Waals surface area contributed by atoms with E-state index in [2.05, 4.69) is 15.5 Å². The lowest BCUT2D eigenvalue weighted by molar-refractivity contribution is -0.118. The molecule has 0 bridgehead atoms. The smallest absolute Gasteiger partial charge is 0.262 e. The minimum Gasteiger partial charge on any atom is -0.484 e. The Hall–Kier alpha value is -3.15. The Morgan fingerprint density at radius 1 is 1.12 bits per heavy atom. The van der Waals surface area contributed by atoms with Crippen LogP contribution in [-0.2, 0) is 11.2 Å². The summed E-state index contributed by atoms with van der Waals surface area (Å²) in [4.78, 5) is 16.3. The first-order valence-corrected chi connectivity index (χ1v) is 8.48. The second-order valence-electron chi connectivity index (χ2n) is 6.03. The van der Waals surface area contributed by atoms with Crippen LogP contribution < -0.4 is 10.1 Å². The van der Waals surface area contributed by atoms with Gasteiger partial charge in [0.2, 0.25) is 0 Å². The van der Waals surface area contributed by atoms with E-state index in [9.17, 15) is 4.79 Å². The molecule has 1 heterocycles. The van der Waals surface area contributed by atoms with E-state index < -0.39 is 0 Å². The van der Waals surface area contributed by atoms with Gasteiger partial charge in [0.05, 0.1) is 0 Å². The second kappa shape index (κ2) is 7.82. The van der Waals surface area contributed by atoms with Crippen molar-refractivity contribution in [3.8, 4) is 17.2 Å². The largest absolute Gasteiger partial charge is 0.484 e. The van der Waals surface area contributed by atoms with Crippen molar-refractivity contribution >= 4 is 11.6 Å². The predicted molar refractivity (Wildman–Crippen MR) is 99.2 cm³/mol. The van der Waals surface area contributed by atoms with Gasteiger partial charge in [0.15, 0.2) is 12.4 Å². The van der Waals surface area contributed by atoms with Crippen LogP contribution in [0.4, 0.5) is 5.69 Å². The Morgan fingerprint density at radius 3 is 2.54 bits per heavy atom. The van der Waals surface area contributed by atoms with Crippen LogP contribution >= 0.6 is 0 Å². The van der Waals surface area contributed by atoms with Gasteiger partial charge in [-0.2, -0.15) is 4.98 Å². The molecule has 6 nitrogen and oxygen atoms in total. The maximum absolute atomic E-state index is 12.0. The van der Waals surface area contributed by atoms with E-state index in [0.29, 0.717) is 17.5 Å². The van der Waals surface area contributed by atoms with Gasteiger partial charge in [0.1, 0.15) is 5.75 Å².